The number of carbonyl (C=O) groups is 1. The van der Waals surface area contributed by atoms with Crippen LogP contribution in [0.15, 0.2) is 41.3 Å². The van der Waals surface area contributed by atoms with Crippen LogP contribution >= 0.6 is 0 Å². The Morgan fingerprint density at radius 2 is 1.91 bits per heavy atom. The molecular weight excluding hydrogens is 440 g/mol. The highest BCUT2D eigenvalue weighted by Crippen LogP contribution is 2.55. The summed E-state index contributed by atoms with van der Waals surface area (Å²) in [4.78, 5) is 14.8. The number of sulfonamides is 1. The van der Waals surface area contributed by atoms with Gasteiger partial charge in [0, 0.05) is 12.5 Å². The molecule has 0 spiro atoms. The number of piperidine rings is 3. The lowest BCUT2D eigenvalue weighted by atomic mass is 9.76. The number of nitrogens with one attached hydrogen (secondary N) is 1. The first-order valence-corrected chi connectivity index (χ1v) is 13.2. The van der Waals surface area contributed by atoms with Gasteiger partial charge in [0.2, 0.25) is 0 Å². The maximum Gasteiger partial charge on any atom is 0.341 e. The molecule has 2 aromatic rings. The van der Waals surface area contributed by atoms with Crippen LogP contribution in [-0.2, 0) is 16.4 Å². The first kappa shape index (κ1) is 21.0. The number of anilines is 1. The molecule has 3 atom stereocenters. The molecule has 7 nitrogen and oxygen atoms in total. The molecule has 7 rings (SSSR count). The van der Waals surface area contributed by atoms with E-state index >= 15 is 0 Å². The first-order chi connectivity index (χ1) is 15.9. The van der Waals surface area contributed by atoms with Crippen LogP contribution in [0.3, 0.4) is 0 Å². The summed E-state index contributed by atoms with van der Waals surface area (Å²) in [7, 11) is -3.98. The second kappa shape index (κ2) is 7.74. The lowest BCUT2D eigenvalue weighted by Crippen LogP contribution is -2.48. The Hall–Kier alpha value is -2.58. The molecule has 3 saturated heterocycles. The number of hydrogen-bond donors (Lipinski definition) is 2. The number of benzene rings is 2. The Labute approximate surface area is 193 Å². The van der Waals surface area contributed by atoms with Crippen LogP contribution in [-0.4, -0.2) is 50.6 Å². The van der Waals surface area contributed by atoms with Crippen molar-refractivity contribution in [1.29, 1.82) is 0 Å². The van der Waals surface area contributed by atoms with Crippen molar-refractivity contribution in [2.45, 2.75) is 36.5 Å². The average molecular weight is 469 g/mol. The van der Waals surface area contributed by atoms with Crippen molar-refractivity contribution in [3.05, 3.63) is 53.1 Å². The lowest BCUT2D eigenvalue weighted by molar-refractivity contribution is 0.0510. The second-order valence-electron chi connectivity index (χ2n) is 9.94. The fourth-order valence-electron chi connectivity index (χ4n) is 6.08. The molecule has 8 heteroatoms. The molecule has 0 aromatic heterocycles. The SMILES string of the molecule is O=C(O)c1c(NS(=O)(=O)c2ccccc2C[C@@H]2CN3CCC2CC3)ccc2c1OC[C@@H]1C[C@H]21. The number of carboxylic acid groups (broad SMARTS) is 1. The zero-order chi connectivity index (χ0) is 22.7. The van der Waals surface area contributed by atoms with Gasteiger partial charge in [0.15, 0.2) is 0 Å². The van der Waals surface area contributed by atoms with E-state index in [4.69, 9.17) is 4.74 Å². The summed E-state index contributed by atoms with van der Waals surface area (Å²) < 4.78 is 35.3. The third-order valence-corrected chi connectivity index (χ3v) is 9.41. The Kier molecular flexibility index (Phi) is 4.92. The van der Waals surface area contributed by atoms with Gasteiger partial charge in [0.1, 0.15) is 11.3 Å². The van der Waals surface area contributed by atoms with Gasteiger partial charge in [0.05, 0.1) is 17.2 Å². The number of aromatic carboxylic acids is 1. The van der Waals surface area contributed by atoms with E-state index in [2.05, 4.69) is 9.62 Å². The van der Waals surface area contributed by atoms with Gasteiger partial charge < -0.3 is 14.7 Å². The fraction of sp³-hybridized carbons (Fsp3) is 0.480. The molecule has 33 heavy (non-hydrogen) atoms. The van der Waals surface area contributed by atoms with Crippen LogP contribution in [0, 0.1) is 17.8 Å². The summed E-state index contributed by atoms with van der Waals surface area (Å²) >= 11 is 0. The van der Waals surface area contributed by atoms with Crippen LogP contribution in [0.1, 0.15) is 46.7 Å². The van der Waals surface area contributed by atoms with Crippen molar-refractivity contribution in [3.8, 4) is 5.75 Å². The molecule has 2 bridgehead atoms. The Balaban J connectivity index is 1.32. The summed E-state index contributed by atoms with van der Waals surface area (Å²) in [6, 6.07) is 10.5. The summed E-state index contributed by atoms with van der Waals surface area (Å²) in [5.74, 6) is 0.967. The van der Waals surface area contributed by atoms with Crippen LogP contribution in [0.4, 0.5) is 5.69 Å². The van der Waals surface area contributed by atoms with Gasteiger partial charge >= 0.3 is 5.97 Å². The number of hydrogen-bond acceptors (Lipinski definition) is 5. The van der Waals surface area contributed by atoms with Gasteiger partial charge in [-0.1, -0.05) is 24.3 Å². The zero-order valence-electron chi connectivity index (χ0n) is 18.4. The van der Waals surface area contributed by atoms with Gasteiger partial charge in [-0.15, -0.1) is 0 Å². The van der Waals surface area contributed by atoms with Crippen molar-refractivity contribution < 1.29 is 23.1 Å². The summed E-state index contributed by atoms with van der Waals surface area (Å²) in [6.45, 7) is 3.78. The average Bonchev–Trinajstić information content (AvgIpc) is 3.60. The largest absolute Gasteiger partial charge is 0.492 e. The van der Waals surface area contributed by atoms with Gasteiger partial charge in [-0.05, 0) is 79.8 Å². The van der Waals surface area contributed by atoms with Crippen molar-refractivity contribution in [1.82, 2.24) is 4.90 Å². The minimum Gasteiger partial charge on any atom is -0.492 e. The smallest absolute Gasteiger partial charge is 0.341 e. The predicted molar refractivity (Wildman–Crippen MR) is 123 cm³/mol. The molecule has 4 fully saturated rings. The molecule has 0 amide bonds. The van der Waals surface area contributed by atoms with E-state index in [0.717, 1.165) is 37.2 Å². The number of fused-ring (bicyclic) bond motifs is 6. The highest BCUT2D eigenvalue weighted by Gasteiger charge is 2.45. The minimum atomic E-state index is -3.98. The number of ether oxygens (including phenoxy) is 1. The highest BCUT2D eigenvalue weighted by atomic mass is 32.2. The zero-order valence-corrected chi connectivity index (χ0v) is 19.2. The molecule has 5 aliphatic rings. The minimum absolute atomic E-state index is 0.0537. The standard InChI is InChI=1S/C25H28N2O5S/c28-25(29)23-21(6-5-19-20-12-18(20)14-32-24(19)23)26-33(30,31)22-4-2-1-3-16(22)11-17-13-27-9-7-15(17)8-10-27/h1-6,15,17-18,20,26H,7-14H2,(H,28,29)/t17-,18+,20+/m1/s1. The quantitative estimate of drug-likeness (QED) is 0.673. The van der Waals surface area contributed by atoms with E-state index in [9.17, 15) is 18.3 Å². The van der Waals surface area contributed by atoms with Gasteiger partial charge in [-0.3, -0.25) is 4.72 Å². The third-order valence-electron chi connectivity index (χ3n) is 7.95. The van der Waals surface area contributed by atoms with Crippen molar-refractivity contribution in [3.63, 3.8) is 0 Å². The van der Waals surface area contributed by atoms with E-state index in [1.54, 1.807) is 18.2 Å². The molecule has 174 valence electrons. The summed E-state index contributed by atoms with van der Waals surface area (Å²) in [5.41, 5.74) is 1.61. The number of nitrogens with zero attached hydrogens (tertiary/aromatic N) is 1. The number of carboxylic acids is 1. The van der Waals surface area contributed by atoms with E-state index in [1.165, 1.54) is 12.8 Å². The molecular formula is C25H28N2O5S. The Morgan fingerprint density at radius 1 is 1.12 bits per heavy atom. The third kappa shape index (κ3) is 3.69. The van der Waals surface area contributed by atoms with E-state index in [0.29, 0.717) is 42.4 Å². The molecule has 4 aliphatic heterocycles. The normalized spacial score (nSPS) is 29.5. The molecule has 0 radical (unpaired) electrons. The summed E-state index contributed by atoms with van der Waals surface area (Å²) in [5, 5.41) is 9.90. The van der Waals surface area contributed by atoms with Gasteiger partial charge in [-0.2, -0.15) is 0 Å². The second-order valence-corrected chi connectivity index (χ2v) is 11.6. The maximum absolute atomic E-state index is 13.5. The van der Waals surface area contributed by atoms with Crippen molar-refractivity contribution in [2.24, 2.45) is 17.8 Å². The molecule has 2 aromatic carbocycles. The molecule has 0 unspecified atom stereocenters. The van der Waals surface area contributed by atoms with E-state index in [1.807, 2.05) is 18.2 Å². The fourth-order valence-corrected chi connectivity index (χ4v) is 7.41. The van der Waals surface area contributed by atoms with E-state index < -0.39 is 16.0 Å². The van der Waals surface area contributed by atoms with Crippen LogP contribution in [0.2, 0.25) is 0 Å². The van der Waals surface area contributed by atoms with Crippen LogP contribution in [0.5, 0.6) is 5.75 Å². The van der Waals surface area contributed by atoms with Crippen molar-refractivity contribution in [2.75, 3.05) is 31.0 Å². The molecule has 1 aliphatic carbocycles. The highest BCUT2D eigenvalue weighted by molar-refractivity contribution is 7.92. The molecule has 4 heterocycles. The molecule has 2 N–H and O–H groups in total. The summed E-state index contributed by atoms with van der Waals surface area (Å²) in [6.07, 6.45) is 4.05. The van der Waals surface area contributed by atoms with Crippen LogP contribution < -0.4 is 9.46 Å². The molecule has 1 saturated carbocycles. The predicted octanol–water partition coefficient (Wildman–Crippen LogP) is 3.57. The monoisotopic (exact) mass is 468 g/mol. The lowest BCUT2D eigenvalue weighted by Gasteiger charge is -2.45. The first-order valence-electron chi connectivity index (χ1n) is 11.8. The Morgan fingerprint density at radius 3 is 2.64 bits per heavy atom. The number of rotatable bonds is 6. The van der Waals surface area contributed by atoms with Crippen LogP contribution in [0.25, 0.3) is 0 Å². The Bertz CT molecular complexity index is 1220. The van der Waals surface area contributed by atoms with E-state index in [-0.39, 0.29) is 16.1 Å². The topological polar surface area (TPSA) is 95.9 Å². The van der Waals surface area contributed by atoms with Crippen molar-refractivity contribution >= 4 is 21.7 Å². The van der Waals surface area contributed by atoms with Gasteiger partial charge in [0.25, 0.3) is 10.0 Å². The maximum atomic E-state index is 13.5. The van der Waals surface area contributed by atoms with Gasteiger partial charge in [-0.25, -0.2) is 13.2 Å².